The Kier molecular flexibility index (Phi) is 7.03. The molecule has 0 atom stereocenters. The van der Waals surface area contributed by atoms with Crippen LogP contribution in [-0.4, -0.2) is 23.0 Å². The summed E-state index contributed by atoms with van der Waals surface area (Å²) in [6.07, 6.45) is 0.804. The van der Waals surface area contributed by atoms with Gasteiger partial charge in [-0.05, 0) is 46.6 Å². The fourth-order valence-corrected chi connectivity index (χ4v) is 2.56. The predicted octanol–water partition coefficient (Wildman–Crippen LogP) is 3.80. The second-order valence-corrected chi connectivity index (χ2v) is 6.71. The fraction of sp³-hybridized carbons (Fsp3) is 0.118. The molecule has 2 aromatic carbocycles. The molecule has 27 heavy (non-hydrogen) atoms. The average Bonchev–Trinajstić information content (AvgIpc) is 2.59. The van der Waals surface area contributed by atoms with E-state index in [0.29, 0.717) is 20.7 Å². The number of hydrogen-bond acceptors (Lipinski definition) is 5. The van der Waals surface area contributed by atoms with E-state index in [4.69, 9.17) is 11.6 Å². The molecule has 0 spiro atoms. The van der Waals surface area contributed by atoms with E-state index in [0.717, 1.165) is 5.56 Å². The van der Waals surface area contributed by atoms with Crippen molar-refractivity contribution in [2.75, 3.05) is 5.32 Å². The summed E-state index contributed by atoms with van der Waals surface area (Å²) in [4.78, 5) is 34.0. The van der Waals surface area contributed by atoms with Crippen molar-refractivity contribution in [1.82, 2.24) is 5.43 Å². The van der Waals surface area contributed by atoms with Gasteiger partial charge in [0.2, 0.25) is 11.8 Å². The number of aryl methyl sites for hydroxylation is 1. The Morgan fingerprint density at radius 2 is 2.00 bits per heavy atom. The molecule has 8 nitrogen and oxygen atoms in total. The molecule has 0 heterocycles. The van der Waals surface area contributed by atoms with Gasteiger partial charge in [0.25, 0.3) is 5.69 Å². The molecule has 2 amide bonds. The minimum absolute atomic E-state index is 0.124. The second-order valence-electron chi connectivity index (χ2n) is 5.45. The van der Waals surface area contributed by atoms with E-state index in [9.17, 15) is 19.7 Å². The number of benzene rings is 2. The fourth-order valence-electron chi connectivity index (χ4n) is 1.99. The topological polar surface area (TPSA) is 114 Å². The van der Waals surface area contributed by atoms with Crippen LogP contribution in [-0.2, 0) is 9.59 Å². The summed E-state index contributed by atoms with van der Waals surface area (Å²) in [6, 6.07) is 9.40. The number of rotatable bonds is 6. The third kappa shape index (κ3) is 6.15. The van der Waals surface area contributed by atoms with Crippen molar-refractivity contribution in [3.05, 3.63) is 67.1 Å². The number of nitrogens with one attached hydrogen (secondary N) is 2. The number of carbonyl (C=O) groups is 2. The second kappa shape index (κ2) is 9.24. The van der Waals surface area contributed by atoms with Gasteiger partial charge in [-0.2, -0.15) is 5.10 Å². The minimum atomic E-state index is -0.631. The number of hydrogen-bond donors (Lipinski definition) is 2. The van der Waals surface area contributed by atoms with Crippen molar-refractivity contribution in [2.45, 2.75) is 13.3 Å². The molecular weight excluding hydrogens is 440 g/mol. The number of hydrazone groups is 1. The quantitative estimate of drug-likeness (QED) is 0.300. The summed E-state index contributed by atoms with van der Waals surface area (Å²) in [6.45, 7) is 1.83. The van der Waals surface area contributed by atoms with Gasteiger partial charge in [-0.3, -0.25) is 19.7 Å². The molecule has 2 N–H and O–H groups in total. The lowest BCUT2D eigenvalue weighted by Crippen LogP contribution is -2.24. The molecule has 140 valence electrons. The van der Waals surface area contributed by atoms with Crippen LogP contribution in [0.3, 0.4) is 0 Å². The number of carbonyl (C=O) groups excluding carboxylic acids is 2. The summed E-state index contributed by atoms with van der Waals surface area (Å²) >= 11 is 9.05. The van der Waals surface area contributed by atoms with E-state index >= 15 is 0 Å². The molecule has 0 fully saturated rings. The summed E-state index contributed by atoms with van der Waals surface area (Å²) in [7, 11) is 0. The third-order valence-corrected chi connectivity index (χ3v) is 4.42. The van der Waals surface area contributed by atoms with Gasteiger partial charge in [-0.25, -0.2) is 5.43 Å². The summed E-state index contributed by atoms with van der Waals surface area (Å²) in [5.74, 6) is -1.16. The lowest BCUT2D eigenvalue weighted by Gasteiger charge is -2.06. The standard InChI is InChI=1S/C17H14BrClN4O4/c1-10-2-4-12(7-14(10)19)21-16(24)8-17(25)22-20-9-11-3-5-13(18)15(6-11)23(26)27/h2-7,9H,8H2,1H3,(H,21,24)(H,22,25). The Labute approximate surface area is 167 Å². The molecule has 0 aliphatic carbocycles. The van der Waals surface area contributed by atoms with E-state index in [1.807, 2.05) is 6.92 Å². The Morgan fingerprint density at radius 3 is 2.67 bits per heavy atom. The Morgan fingerprint density at radius 1 is 1.26 bits per heavy atom. The van der Waals surface area contributed by atoms with Crippen LogP contribution in [0.15, 0.2) is 46.0 Å². The Hall–Kier alpha value is -2.78. The van der Waals surface area contributed by atoms with Crippen LogP contribution in [0.5, 0.6) is 0 Å². The average molecular weight is 454 g/mol. The zero-order chi connectivity index (χ0) is 20.0. The van der Waals surface area contributed by atoms with Gasteiger partial charge in [0.05, 0.1) is 15.6 Å². The minimum Gasteiger partial charge on any atom is -0.326 e. The first-order chi connectivity index (χ1) is 12.8. The lowest BCUT2D eigenvalue weighted by molar-refractivity contribution is -0.385. The Bertz CT molecular complexity index is 933. The van der Waals surface area contributed by atoms with Crippen LogP contribution < -0.4 is 10.7 Å². The molecule has 2 rings (SSSR count). The molecule has 2 aromatic rings. The molecule has 0 bridgehead atoms. The number of halogens is 2. The van der Waals surface area contributed by atoms with Crippen LogP contribution in [0.25, 0.3) is 0 Å². The van der Waals surface area contributed by atoms with Gasteiger partial charge in [0.15, 0.2) is 0 Å². The SMILES string of the molecule is Cc1ccc(NC(=O)CC(=O)NN=Cc2ccc(Br)c([N+](=O)[O-])c2)cc1Cl. The van der Waals surface area contributed by atoms with Crippen molar-refractivity contribution in [1.29, 1.82) is 0 Å². The zero-order valence-electron chi connectivity index (χ0n) is 14.0. The van der Waals surface area contributed by atoms with E-state index in [1.54, 1.807) is 24.3 Å². The highest BCUT2D eigenvalue weighted by atomic mass is 79.9. The van der Waals surface area contributed by atoms with Gasteiger partial charge >= 0.3 is 0 Å². The molecular formula is C17H14BrClN4O4. The highest BCUT2D eigenvalue weighted by Crippen LogP contribution is 2.25. The smallest absolute Gasteiger partial charge is 0.284 e. The number of amides is 2. The highest BCUT2D eigenvalue weighted by molar-refractivity contribution is 9.10. The molecule has 0 unspecified atom stereocenters. The number of nitrogens with zero attached hydrogens (tertiary/aromatic N) is 2. The van der Waals surface area contributed by atoms with Crippen molar-refractivity contribution < 1.29 is 14.5 Å². The number of nitro groups is 1. The van der Waals surface area contributed by atoms with Crippen molar-refractivity contribution in [2.24, 2.45) is 5.10 Å². The summed E-state index contributed by atoms with van der Waals surface area (Å²) in [5, 5.41) is 17.6. The third-order valence-electron chi connectivity index (χ3n) is 3.35. The zero-order valence-corrected chi connectivity index (χ0v) is 16.4. The van der Waals surface area contributed by atoms with Crippen molar-refractivity contribution >= 4 is 56.9 Å². The van der Waals surface area contributed by atoms with Crippen LogP contribution in [0.4, 0.5) is 11.4 Å². The maximum atomic E-state index is 11.9. The van der Waals surface area contributed by atoms with Gasteiger partial charge in [0, 0.05) is 22.3 Å². The Balaban J connectivity index is 1.89. The van der Waals surface area contributed by atoms with E-state index in [-0.39, 0.29) is 5.69 Å². The van der Waals surface area contributed by atoms with Crippen molar-refractivity contribution in [3.8, 4) is 0 Å². The molecule has 0 saturated heterocycles. The van der Waals surface area contributed by atoms with Crippen LogP contribution >= 0.6 is 27.5 Å². The molecule has 0 aliphatic rings. The van der Waals surface area contributed by atoms with Gasteiger partial charge in [-0.15, -0.1) is 0 Å². The lowest BCUT2D eigenvalue weighted by atomic mass is 10.2. The van der Waals surface area contributed by atoms with Gasteiger partial charge < -0.3 is 5.32 Å². The van der Waals surface area contributed by atoms with Gasteiger partial charge in [0.1, 0.15) is 6.42 Å². The number of nitro benzene ring substituents is 1. The first-order valence-corrected chi connectivity index (χ1v) is 8.75. The molecule has 0 saturated carbocycles. The highest BCUT2D eigenvalue weighted by Gasteiger charge is 2.12. The molecule has 10 heteroatoms. The molecule has 0 aromatic heterocycles. The monoisotopic (exact) mass is 452 g/mol. The van der Waals surface area contributed by atoms with E-state index < -0.39 is 23.2 Å². The summed E-state index contributed by atoms with van der Waals surface area (Å²) in [5.41, 5.74) is 3.84. The normalized spacial score (nSPS) is 10.6. The van der Waals surface area contributed by atoms with Crippen LogP contribution in [0.2, 0.25) is 5.02 Å². The van der Waals surface area contributed by atoms with Crippen molar-refractivity contribution in [3.63, 3.8) is 0 Å². The van der Waals surface area contributed by atoms with E-state index in [2.05, 4.69) is 31.8 Å². The van der Waals surface area contributed by atoms with E-state index in [1.165, 1.54) is 18.3 Å². The summed E-state index contributed by atoms with van der Waals surface area (Å²) < 4.78 is 0.335. The number of anilines is 1. The van der Waals surface area contributed by atoms with Crippen LogP contribution in [0.1, 0.15) is 17.5 Å². The maximum Gasteiger partial charge on any atom is 0.284 e. The molecule has 0 radical (unpaired) electrons. The largest absolute Gasteiger partial charge is 0.326 e. The first-order valence-electron chi connectivity index (χ1n) is 7.58. The maximum absolute atomic E-state index is 11.9. The van der Waals surface area contributed by atoms with Crippen LogP contribution in [0, 0.1) is 17.0 Å². The first kappa shape index (κ1) is 20.5. The predicted molar refractivity (Wildman–Crippen MR) is 106 cm³/mol. The molecule has 0 aliphatic heterocycles. The van der Waals surface area contributed by atoms with Gasteiger partial charge in [-0.1, -0.05) is 23.7 Å².